The number of anilines is 1. The molecule has 0 saturated heterocycles. The van der Waals surface area contributed by atoms with E-state index in [0.717, 1.165) is 5.56 Å². The quantitative estimate of drug-likeness (QED) is 0.530. The predicted octanol–water partition coefficient (Wildman–Crippen LogP) is 2.99. The second-order valence-electron chi connectivity index (χ2n) is 5.36. The molecule has 0 unspecified atom stereocenters. The van der Waals surface area contributed by atoms with Gasteiger partial charge < -0.3 is 5.32 Å². The zero-order chi connectivity index (χ0) is 18.2. The SMILES string of the molecule is O=C(N/N=C/c1cccc(F)c1)c1cccnc1NCc1ccncc1. The summed E-state index contributed by atoms with van der Waals surface area (Å²) in [6.07, 6.45) is 6.37. The Kier molecular flexibility index (Phi) is 5.61. The maximum absolute atomic E-state index is 13.1. The average Bonchev–Trinajstić information content (AvgIpc) is 2.67. The Hall–Kier alpha value is -3.61. The number of carbonyl (C=O) groups excluding carboxylic acids is 1. The van der Waals surface area contributed by atoms with Crippen LogP contribution in [0.3, 0.4) is 0 Å². The van der Waals surface area contributed by atoms with E-state index in [2.05, 4.69) is 25.8 Å². The monoisotopic (exact) mass is 349 g/mol. The van der Waals surface area contributed by atoms with Crippen LogP contribution in [-0.4, -0.2) is 22.1 Å². The zero-order valence-corrected chi connectivity index (χ0v) is 13.8. The molecule has 0 bridgehead atoms. The van der Waals surface area contributed by atoms with Gasteiger partial charge in [-0.25, -0.2) is 14.8 Å². The molecule has 0 fully saturated rings. The highest BCUT2D eigenvalue weighted by Crippen LogP contribution is 2.12. The van der Waals surface area contributed by atoms with E-state index in [4.69, 9.17) is 0 Å². The fourth-order valence-corrected chi connectivity index (χ4v) is 2.23. The topological polar surface area (TPSA) is 79.3 Å². The number of amides is 1. The van der Waals surface area contributed by atoms with E-state index in [1.165, 1.54) is 18.3 Å². The second-order valence-corrected chi connectivity index (χ2v) is 5.36. The van der Waals surface area contributed by atoms with E-state index < -0.39 is 5.91 Å². The predicted molar refractivity (Wildman–Crippen MR) is 97.3 cm³/mol. The summed E-state index contributed by atoms with van der Waals surface area (Å²) < 4.78 is 13.1. The van der Waals surface area contributed by atoms with Gasteiger partial charge in [-0.05, 0) is 47.5 Å². The standard InChI is InChI=1S/C19H16FN5O/c20-16-4-1-3-15(11-16)13-24-25-19(26)17-5-2-8-22-18(17)23-12-14-6-9-21-10-7-14/h1-11,13H,12H2,(H,22,23)(H,25,26)/b24-13+. The number of halogens is 1. The lowest BCUT2D eigenvalue weighted by atomic mass is 10.2. The van der Waals surface area contributed by atoms with Crippen LogP contribution in [0.4, 0.5) is 10.2 Å². The van der Waals surface area contributed by atoms with E-state index in [9.17, 15) is 9.18 Å². The first-order valence-corrected chi connectivity index (χ1v) is 7.89. The molecule has 0 aliphatic heterocycles. The normalized spacial score (nSPS) is 10.7. The lowest BCUT2D eigenvalue weighted by molar-refractivity contribution is 0.0955. The molecule has 6 nitrogen and oxygen atoms in total. The fraction of sp³-hybridized carbons (Fsp3) is 0.0526. The van der Waals surface area contributed by atoms with Crippen LogP contribution in [0, 0.1) is 5.82 Å². The lowest BCUT2D eigenvalue weighted by Crippen LogP contribution is -2.20. The molecule has 0 spiro atoms. The highest BCUT2D eigenvalue weighted by atomic mass is 19.1. The Balaban J connectivity index is 1.65. The van der Waals surface area contributed by atoms with Gasteiger partial charge in [0, 0.05) is 25.1 Å². The third-order valence-electron chi connectivity index (χ3n) is 3.49. The van der Waals surface area contributed by atoms with Crippen molar-refractivity contribution >= 4 is 17.9 Å². The van der Waals surface area contributed by atoms with E-state index in [0.29, 0.717) is 23.5 Å². The summed E-state index contributed by atoms with van der Waals surface area (Å²) in [5, 5.41) is 6.99. The Bertz CT molecular complexity index is 915. The zero-order valence-electron chi connectivity index (χ0n) is 13.8. The third-order valence-corrected chi connectivity index (χ3v) is 3.49. The summed E-state index contributed by atoms with van der Waals surface area (Å²) in [4.78, 5) is 20.5. The van der Waals surface area contributed by atoms with Gasteiger partial charge in [-0.15, -0.1) is 0 Å². The van der Waals surface area contributed by atoms with Crippen LogP contribution < -0.4 is 10.7 Å². The van der Waals surface area contributed by atoms with Gasteiger partial charge in [-0.2, -0.15) is 5.10 Å². The molecule has 2 heterocycles. The Labute approximate surface area is 149 Å². The van der Waals surface area contributed by atoms with Gasteiger partial charge in [0.15, 0.2) is 0 Å². The molecule has 0 atom stereocenters. The van der Waals surface area contributed by atoms with E-state index in [1.54, 1.807) is 42.9 Å². The van der Waals surface area contributed by atoms with Gasteiger partial charge in [0.05, 0.1) is 11.8 Å². The van der Waals surface area contributed by atoms with Crippen molar-refractivity contribution in [1.82, 2.24) is 15.4 Å². The third kappa shape index (κ3) is 4.70. The number of hydrazone groups is 1. The van der Waals surface area contributed by atoms with Crippen molar-refractivity contribution in [2.75, 3.05) is 5.32 Å². The van der Waals surface area contributed by atoms with Gasteiger partial charge >= 0.3 is 0 Å². The Morgan fingerprint density at radius 3 is 2.77 bits per heavy atom. The van der Waals surface area contributed by atoms with Crippen molar-refractivity contribution in [3.8, 4) is 0 Å². The van der Waals surface area contributed by atoms with Gasteiger partial charge in [0.2, 0.25) is 0 Å². The summed E-state index contributed by atoms with van der Waals surface area (Å²) >= 11 is 0. The highest BCUT2D eigenvalue weighted by molar-refractivity contribution is 5.99. The van der Waals surface area contributed by atoms with Gasteiger partial charge in [0.1, 0.15) is 11.6 Å². The summed E-state index contributed by atoms with van der Waals surface area (Å²) in [5.74, 6) is -0.333. The number of pyridine rings is 2. The van der Waals surface area contributed by atoms with Crippen molar-refractivity contribution in [3.63, 3.8) is 0 Å². The molecule has 0 aliphatic carbocycles. The van der Waals surface area contributed by atoms with Crippen LogP contribution in [-0.2, 0) is 6.54 Å². The van der Waals surface area contributed by atoms with Crippen molar-refractivity contribution < 1.29 is 9.18 Å². The van der Waals surface area contributed by atoms with Crippen LogP contribution in [0.15, 0.2) is 72.2 Å². The van der Waals surface area contributed by atoms with E-state index in [1.807, 2.05) is 12.1 Å². The summed E-state index contributed by atoms with van der Waals surface area (Å²) in [7, 11) is 0. The van der Waals surface area contributed by atoms with Crippen LogP contribution in [0.1, 0.15) is 21.5 Å². The van der Waals surface area contributed by atoms with Crippen LogP contribution in [0.5, 0.6) is 0 Å². The molecule has 26 heavy (non-hydrogen) atoms. The average molecular weight is 349 g/mol. The summed E-state index contributed by atoms with van der Waals surface area (Å²) in [5.41, 5.74) is 4.35. The first-order chi connectivity index (χ1) is 12.7. The summed E-state index contributed by atoms with van der Waals surface area (Å²) in [6.45, 7) is 0.506. The number of hydrogen-bond donors (Lipinski definition) is 2. The molecule has 1 aromatic carbocycles. The molecule has 2 aromatic heterocycles. The molecule has 0 radical (unpaired) electrons. The van der Waals surface area contributed by atoms with E-state index in [-0.39, 0.29) is 5.82 Å². The first kappa shape index (κ1) is 17.2. The van der Waals surface area contributed by atoms with Crippen LogP contribution in [0.2, 0.25) is 0 Å². The van der Waals surface area contributed by atoms with E-state index >= 15 is 0 Å². The molecule has 1 amide bonds. The molecule has 2 N–H and O–H groups in total. The van der Waals surface area contributed by atoms with Gasteiger partial charge in [0.25, 0.3) is 5.91 Å². The number of carbonyl (C=O) groups is 1. The smallest absolute Gasteiger partial charge is 0.275 e. The molecular weight excluding hydrogens is 333 g/mol. The molecular formula is C19H16FN5O. The molecule has 7 heteroatoms. The van der Waals surface area contributed by atoms with Crippen molar-refractivity contribution in [2.24, 2.45) is 5.10 Å². The van der Waals surface area contributed by atoms with Crippen LogP contribution >= 0.6 is 0 Å². The number of nitrogens with one attached hydrogen (secondary N) is 2. The van der Waals surface area contributed by atoms with Crippen molar-refractivity contribution in [3.05, 3.63) is 89.6 Å². The fourth-order valence-electron chi connectivity index (χ4n) is 2.23. The number of aromatic nitrogens is 2. The van der Waals surface area contributed by atoms with Crippen molar-refractivity contribution in [2.45, 2.75) is 6.54 Å². The summed E-state index contributed by atoms with van der Waals surface area (Å²) in [6, 6.07) is 13.0. The second kappa shape index (κ2) is 8.48. The minimum absolute atomic E-state index is 0.359. The van der Waals surface area contributed by atoms with Gasteiger partial charge in [-0.1, -0.05) is 12.1 Å². The Morgan fingerprint density at radius 1 is 1.12 bits per heavy atom. The minimum Gasteiger partial charge on any atom is -0.365 e. The molecule has 3 rings (SSSR count). The minimum atomic E-state index is -0.414. The lowest BCUT2D eigenvalue weighted by Gasteiger charge is -2.09. The largest absolute Gasteiger partial charge is 0.365 e. The highest BCUT2D eigenvalue weighted by Gasteiger charge is 2.11. The number of hydrogen-bond acceptors (Lipinski definition) is 5. The van der Waals surface area contributed by atoms with Crippen LogP contribution in [0.25, 0.3) is 0 Å². The van der Waals surface area contributed by atoms with Crippen molar-refractivity contribution in [1.29, 1.82) is 0 Å². The molecule has 0 aliphatic rings. The molecule has 3 aromatic rings. The Morgan fingerprint density at radius 2 is 1.96 bits per heavy atom. The maximum atomic E-state index is 13.1. The molecule has 130 valence electrons. The van der Waals surface area contributed by atoms with Gasteiger partial charge in [-0.3, -0.25) is 9.78 Å². The number of nitrogens with zero attached hydrogens (tertiary/aromatic N) is 3. The number of rotatable bonds is 6. The first-order valence-electron chi connectivity index (χ1n) is 7.89. The number of benzene rings is 1. The maximum Gasteiger partial charge on any atom is 0.275 e. The molecule has 0 saturated carbocycles.